The van der Waals surface area contributed by atoms with Gasteiger partial charge in [-0.05, 0) is 82.8 Å². The Labute approximate surface area is 285 Å². The van der Waals surface area contributed by atoms with E-state index in [0.29, 0.717) is 17.5 Å². The van der Waals surface area contributed by atoms with E-state index in [9.17, 15) is 0 Å². The van der Waals surface area contributed by atoms with Crippen LogP contribution in [0.4, 0.5) is 0 Å². The van der Waals surface area contributed by atoms with Crippen LogP contribution in [-0.4, -0.2) is 24.9 Å². The van der Waals surface area contributed by atoms with Crippen molar-refractivity contribution in [1.29, 1.82) is 0 Å². The van der Waals surface area contributed by atoms with Crippen molar-refractivity contribution in [2.45, 2.75) is 6.92 Å². The van der Waals surface area contributed by atoms with Gasteiger partial charge in [-0.1, -0.05) is 115 Å². The topological polar surface area (TPSA) is 64.5 Å². The summed E-state index contributed by atoms with van der Waals surface area (Å²) in [6.45, 7) is 2.05. The molecule has 3 heterocycles. The molecule has 0 spiro atoms. The van der Waals surface area contributed by atoms with Crippen LogP contribution < -0.4 is 0 Å². The Balaban J connectivity index is 1.24. The Morgan fingerprint density at radius 2 is 0.714 bits per heavy atom. The van der Waals surface area contributed by atoms with Gasteiger partial charge in [-0.3, -0.25) is 9.97 Å². The van der Waals surface area contributed by atoms with Crippen molar-refractivity contribution in [3.8, 4) is 78.8 Å². The monoisotopic (exact) mass is 629 g/mol. The van der Waals surface area contributed by atoms with Crippen LogP contribution in [0, 0.1) is 6.92 Å². The second kappa shape index (κ2) is 13.3. The van der Waals surface area contributed by atoms with E-state index in [-0.39, 0.29) is 0 Å². The van der Waals surface area contributed by atoms with Crippen molar-refractivity contribution in [2.75, 3.05) is 0 Å². The van der Waals surface area contributed by atoms with Crippen LogP contribution in [0.2, 0.25) is 0 Å². The molecule has 49 heavy (non-hydrogen) atoms. The van der Waals surface area contributed by atoms with Crippen LogP contribution in [0.1, 0.15) is 5.69 Å². The standard InChI is InChI=1S/C44H31N5/c1-30-25-37(31-11-5-2-6-12-31)29-41(46-30)34-19-17-32(18-20-34)38-26-39(33-21-23-45-24-22-33)28-40(27-38)44-48-42(35-13-7-3-8-14-35)47-43(49-44)36-15-9-4-10-16-36/h2-29H,1H3. The smallest absolute Gasteiger partial charge is 0.164 e. The first kappa shape index (κ1) is 29.8. The third-order valence-electron chi connectivity index (χ3n) is 8.48. The number of aromatic nitrogens is 5. The maximum atomic E-state index is 5.02. The molecule has 0 bridgehead atoms. The Hall–Kier alpha value is -6.59. The van der Waals surface area contributed by atoms with Gasteiger partial charge in [0.05, 0.1) is 5.69 Å². The lowest BCUT2D eigenvalue weighted by molar-refractivity contribution is 1.07. The Morgan fingerprint density at radius 1 is 0.306 bits per heavy atom. The highest BCUT2D eigenvalue weighted by molar-refractivity contribution is 5.81. The summed E-state index contributed by atoms with van der Waals surface area (Å²) in [5, 5.41) is 0. The second-order valence-electron chi connectivity index (χ2n) is 11.9. The van der Waals surface area contributed by atoms with Crippen LogP contribution >= 0.6 is 0 Å². The summed E-state index contributed by atoms with van der Waals surface area (Å²) in [6, 6.07) is 54.0. The van der Waals surface area contributed by atoms with E-state index in [2.05, 4.69) is 83.8 Å². The molecule has 0 amide bonds. The van der Waals surface area contributed by atoms with Gasteiger partial charge in [-0.15, -0.1) is 0 Å². The SMILES string of the molecule is Cc1cc(-c2ccccc2)cc(-c2ccc(-c3cc(-c4ccncc4)cc(-c4nc(-c5ccccc5)nc(-c5ccccc5)n4)c3)cc2)n1. The normalized spacial score (nSPS) is 11.0. The zero-order valence-corrected chi connectivity index (χ0v) is 26.9. The molecule has 3 aromatic heterocycles. The average Bonchev–Trinajstić information content (AvgIpc) is 3.19. The number of hydrogen-bond acceptors (Lipinski definition) is 5. The van der Waals surface area contributed by atoms with Gasteiger partial charge in [0.15, 0.2) is 17.5 Å². The Kier molecular flexibility index (Phi) is 8.06. The number of hydrogen-bond donors (Lipinski definition) is 0. The summed E-state index contributed by atoms with van der Waals surface area (Å²) in [6.07, 6.45) is 3.64. The highest BCUT2D eigenvalue weighted by atomic mass is 15.0. The van der Waals surface area contributed by atoms with E-state index < -0.39 is 0 Å². The maximum absolute atomic E-state index is 5.02. The molecule has 0 fully saturated rings. The third-order valence-corrected chi connectivity index (χ3v) is 8.48. The number of aryl methyl sites for hydroxylation is 1. The van der Waals surface area contributed by atoms with Crippen molar-refractivity contribution >= 4 is 0 Å². The first-order valence-corrected chi connectivity index (χ1v) is 16.2. The van der Waals surface area contributed by atoms with Crippen molar-refractivity contribution in [2.24, 2.45) is 0 Å². The number of benzene rings is 5. The molecule has 0 saturated heterocycles. The fraction of sp³-hybridized carbons (Fsp3) is 0.0227. The minimum atomic E-state index is 0.610. The molecule has 5 aromatic carbocycles. The Bertz CT molecular complexity index is 2300. The molecular weight excluding hydrogens is 599 g/mol. The van der Waals surface area contributed by atoms with Crippen molar-refractivity contribution in [3.05, 3.63) is 176 Å². The molecule has 0 saturated carbocycles. The largest absolute Gasteiger partial charge is 0.265 e. The zero-order valence-electron chi connectivity index (χ0n) is 26.9. The van der Waals surface area contributed by atoms with E-state index in [1.54, 1.807) is 0 Å². The van der Waals surface area contributed by atoms with Gasteiger partial charge >= 0.3 is 0 Å². The van der Waals surface area contributed by atoms with Crippen molar-refractivity contribution in [1.82, 2.24) is 24.9 Å². The molecule has 0 aliphatic carbocycles. The van der Waals surface area contributed by atoms with Gasteiger partial charge in [0, 0.05) is 40.3 Å². The minimum absolute atomic E-state index is 0.610. The fourth-order valence-corrected chi connectivity index (χ4v) is 6.02. The summed E-state index contributed by atoms with van der Waals surface area (Å²) in [7, 11) is 0. The number of rotatable bonds is 7. The molecule has 0 aliphatic heterocycles. The minimum Gasteiger partial charge on any atom is -0.265 e. The van der Waals surface area contributed by atoms with Crippen molar-refractivity contribution in [3.63, 3.8) is 0 Å². The highest BCUT2D eigenvalue weighted by Gasteiger charge is 2.15. The van der Waals surface area contributed by atoms with Crippen LogP contribution in [-0.2, 0) is 0 Å². The van der Waals surface area contributed by atoms with E-state index >= 15 is 0 Å². The number of nitrogens with zero attached hydrogens (tertiary/aromatic N) is 5. The molecule has 5 heteroatoms. The van der Waals surface area contributed by atoms with E-state index in [1.165, 1.54) is 5.56 Å². The Morgan fingerprint density at radius 3 is 1.27 bits per heavy atom. The van der Waals surface area contributed by atoms with Crippen LogP contribution in [0.5, 0.6) is 0 Å². The predicted molar refractivity (Wildman–Crippen MR) is 198 cm³/mol. The number of pyridine rings is 2. The first-order valence-electron chi connectivity index (χ1n) is 16.2. The van der Waals surface area contributed by atoms with Gasteiger partial charge in [-0.2, -0.15) is 0 Å². The molecule has 5 nitrogen and oxygen atoms in total. The maximum Gasteiger partial charge on any atom is 0.164 e. The fourth-order valence-electron chi connectivity index (χ4n) is 6.02. The van der Waals surface area contributed by atoms with E-state index in [4.69, 9.17) is 19.9 Å². The molecular formula is C44H31N5. The summed E-state index contributed by atoms with van der Waals surface area (Å²) in [4.78, 5) is 24.1. The van der Waals surface area contributed by atoms with Crippen LogP contribution in [0.15, 0.2) is 170 Å². The summed E-state index contributed by atoms with van der Waals surface area (Å²) in [5.74, 6) is 1.87. The molecule has 0 radical (unpaired) electrons. The molecule has 0 N–H and O–H groups in total. The molecule has 8 aromatic rings. The van der Waals surface area contributed by atoms with Gasteiger partial charge in [0.2, 0.25) is 0 Å². The lowest BCUT2D eigenvalue weighted by atomic mass is 9.95. The predicted octanol–water partition coefficient (Wildman–Crippen LogP) is 10.6. The van der Waals surface area contributed by atoms with Crippen LogP contribution in [0.25, 0.3) is 78.8 Å². The molecule has 0 aliphatic rings. The zero-order chi connectivity index (χ0) is 33.0. The summed E-state index contributed by atoms with van der Waals surface area (Å²) < 4.78 is 0. The molecule has 232 valence electrons. The summed E-state index contributed by atoms with van der Waals surface area (Å²) in [5.41, 5.74) is 12.3. The van der Waals surface area contributed by atoms with Gasteiger partial charge in [0.1, 0.15) is 0 Å². The average molecular weight is 630 g/mol. The molecule has 0 unspecified atom stereocenters. The second-order valence-corrected chi connectivity index (χ2v) is 11.9. The molecule has 0 atom stereocenters. The van der Waals surface area contributed by atoms with E-state index in [1.807, 2.05) is 98.2 Å². The van der Waals surface area contributed by atoms with Crippen LogP contribution in [0.3, 0.4) is 0 Å². The first-order chi connectivity index (χ1) is 24.2. The lowest BCUT2D eigenvalue weighted by Gasteiger charge is -2.13. The molecule has 8 rings (SSSR count). The third kappa shape index (κ3) is 6.51. The van der Waals surface area contributed by atoms with Crippen molar-refractivity contribution < 1.29 is 0 Å². The van der Waals surface area contributed by atoms with E-state index in [0.717, 1.165) is 61.5 Å². The van der Waals surface area contributed by atoms with Gasteiger partial charge < -0.3 is 0 Å². The van der Waals surface area contributed by atoms with Gasteiger partial charge in [-0.25, -0.2) is 15.0 Å². The van der Waals surface area contributed by atoms with Gasteiger partial charge in [0.25, 0.3) is 0 Å². The quantitative estimate of drug-likeness (QED) is 0.175. The highest BCUT2D eigenvalue weighted by Crippen LogP contribution is 2.34. The summed E-state index contributed by atoms with van der Waals surface area (Å²) >= 11 is 0. The lowest BCUT2D eigenvalue weighted by Crippen LogP contribution is -2.00.